The fourth-order valence-electron chi connectivity index (χ4n) is 3.59. The van der Waals surface area contributed by atoms with Crippen molar-refractivity contribution in [3.8, 4) is 10.6 Å². The van der Waals surface area contributed by atoms with E-state index in [4.69, 9.17) is 9.40 Å². The number of aromatic nitrogens is 1. The molecule has 4 nitrogen and oxygen atoms in total. The molecule has 0 spiro atoms. The van der Waals surface area contributed by atoms with Crippen LogP contribution in [-0.2, 0) is 0 Å². The second-order valence-corrected chi connectivity index (χ2v) is 8.61. The summed E-state index contributed by atoms with van der Waals surface area (Å²) < 4.78 is 6.98. The van der Waals surface area contributed by atoms with E-state index >= 15 is 0 Å². The third-order valence-electron chi connectivity index (χ3n) is 5.23. The average Bonchev–Trinajstić information content (AvgIpc) is 3.29. The van der Waals surface area contributed by atoms with Gasteiger partial charge in [-0.2, -0.15) is 0 Å². The normalized spacial score (nSPS) is 11.3. The molecule has 2 aromatic heterocycles. The monoisotopic (exact) mass is 412 g/mol. The van der Waals surface area contributed by atoms with Crippen LogP contribution in [0.5, 0.6) is 0 Å². The van der Waals surface area contributed by atoms with E-state index in [0.29, 0.717) is 5.76 Å². The standard InChI is InChI=1S/C25H20N2O2S/c1-14-5-11-21-19(12-14)16(3)23(29-21)24(28)26-18-8-6-17(7-9-18)25-27-20-10-4-15(2)13-22(20)30-25/h4-13H,1-3H3,(H,26,28). The van der Waals surface area contributed by atoms with Crippen molar-refractivity contribution in [2.45, 2.75) is 20.8 Å². The molecule has 2 heterocycles. The third-order valence-corrected chi connectivity index (χ3v) is 6.30. The summed E-state index contributed by atoms with van der Waals surface area (Å²) >= 11 is 1.67. The Hall–Kier alpha value is -3.44. The number of thiazole rings is 1. The predicted octanol–water partition coefficient (Wildman–Crippen LogP) is 6.89. The van der Waals surface area contributed by atoms with Gasteiger partial charge in [-0.25, -0.2) is 4.98 Å². The van der Waals surface area contributed by atoms with Gasteiger partial charge in [0.05, 0.1) is 10.2 Å². The molecule has 5 heteroatoms. The van der Waals surface area contributed by atoms with Crippen molar-refractivity contribution in [3.63, 3.8) is 0 Å². The van der Waals surface area contributed by atoms with Crippen LogP contribution in [0.15, 0.2) is 65.1 Å². The number of hydrogen-bond acceptors (Lipinski definition) is 4. The van der Waals surface area contributed by atoms with Crippen LogP contribution in [0.4, 0.5) is 5.69 Å². The Morgan fingerprint density at radius 3 is 2.47 bits per heavy atom. The fourth-order valence-corrected chi connectivity index (χ4v) is 4.66. The van der Waals surface area contributed by atoms with E-state index in [1.807, 2.05) is 56.3 Å². The highest BCUT2D eigenvalue weighted by Gasteiger charge is 2.18. The van der Waals surface area contributed by atoms with E-state index in [9.17, 15) is 4.79 Å². The van der Waals surface area contributed by atoms with Gasteiger partial charge in [0, 0.05) is 22.2 Å². The summed E-state index contributed by atoms with van der Waals surface area (Å²) in [6, 6.07) is 20.0. The summed E-state index contributed by atoms with van der Waals surface area (Å²) in [6.07, 6.45) is 0. The first-order chi connectivity index (χ1) is 14.5. The number of nitrogens with one attached hydrogen (secondary N) is 1. The Kier molecular flexibility index (Phi) is 4.40. The number of fused-ring (bicyclic) bond motifs is 2. The number of carbonyl (C=O) groups is 1. The van der Waals surface area contributed by atoms with E-state index in [2.05, 4.69) is 30.4 Å². The van der Waals surface area contributed by atoms with E-state index in [0.717, 1.165) is 43.9 Å². The Morgan fingerprint density at radius 1 is 0.933 bits per heavy atom. The lowest BCUT2D eigenvalue weighted by Gasteiger charge is -2.05. The molecule has 0 radical (unpaired) electrons. The molecule has 1 N–H and O–H groups in total. The first-order valence-corrected chi connectivity index (χ1v) is 10.6. The van der Waals surface area contributed by atoms with Crippen molar-refractivity contribution in [2.75, 3.05) is 5.32 Å². The molecule has 30 heavy (non-hydrogen) atoms. The summed E-state index contributed by atoms with van der Waals surface area (Å²) in [5.41, 5.74) is 6.70. The Balaban J connectivity index is 1.39. The van der Waals surface area contributed by atoms with Crippen LogP contribution in [0.2, 0.25) is 0 Å². The highest BCUT2D eigenvalue weighted by Crippen LogP contribution is 2.32. The molecule has 5 rings (SSSR count). The number of benzene rings is 3. The summed E-state index contributed by atoms with van der Waals surface area (Å²) in [7, 11) is 0. The molecule has 0 aliphatic heterocycles. The fraction of sp³-hybridized carbons (Fsp3) is 0.120. The molecule has 0 bridgehead atoms. The highest BCUT2D eigenvalue weighted by atomic mass is 32.1. The van der Waals surface area contributed by atoms with Crippen LogP contribution in [0, 0.1) is 20.8 Å². The van der Waals surface area contributed by atoms with Crippen LogP contribution >= 0.6 is 11.3 Å². The summed E-state index contributed by atoms with van der Waals surface area (Å²) in [6.45, 7) is 6.03. The topological polar surface area (TPSA) is 55.1 Å². The molecule has 0 saturated carbocycles. The smallest absolute Gasteiger partial charge is 0.291 e. The van der Waals surface area contributed by atoms with Gasteiger partial charge in [-0.15, -0.1) is 11.3 Å². The SMILES string of the molecule is Cc1ccc2nc(-c3ccc(NC(=O)c4oc5ccc(C)cc5c4C)cc3)sc2c1. The molecule has 0 fully saturated rings. The second kappa shape index (κ2) is 7.11. The number of nitrogens with zero attached hydrogens (tertiary/aromatic N) is 1. The molecular formula is C25H20N2O2S. The molecule has 0 unspecified atom stereocenters. The molecule has 1 amide bonds. The number of amides is 1. The lowest BCUT2D eigenvalue weighted by atomic mass is 10.1. The van der Waals surface area contributed by atoms with Crippen LogP contribution in [-0.4, -0.2) is 10.9 Å². The number of furan rings is 1. The van der Waals surface area contributed by atoms with Crippen molar-refractivity contribution in [1.29, 1.82) is 0 Å². The van der Waals surface area contributed by atoms with Gasteiger partial charge in [-0.05, 0) is 74.9 Å². The van der Waals surface area contributed by atoms with Crippen molar-refractivity contribution in [1.82, 2.24) is 4.98 Å². The number of anilines is 1. The summed E-state index contributed by atoms with van der Waals surface area (Å²) in [5, 5.41) is 4.88. The zero-order valence-electron chi connectivity index (χ0n) is 16.9. The van der Waals surface area contributed by atoms with E-state index in [-0.39, 0.29) is 5.91 Å². The second-order valence-electron chi connectivity index (χ2n) is 7.58. The lowest BCUT2D eigenvalue weighted by Crippen LogP contribution is -2.11. The van der Waals surface area contributed by atoms with Crippen LogP contribution in [0.1, 0.15) is 27.2 Å². The van der Waals surface area contributed by atoms with Gasteiger partial charge in [-0.3, -0.25) is 4.79 Å². The van der Waals surface area contributed by atoms with E-state index in [1.165, 1.54) is 10.3 Å². The van der Waals surface area contributed by atoms with Gasteiger partial charge in [-0.1, -0.05) is 17.7 Å². The van der Waals surface area contributed by atoms with Crippen LogP contribution in [0.3, 0.4) is 0 Å². The third kappa shape index (κ3) is 3.27. The highest BCUT2D eigenvalue weighted by molar-refractivity contribution is 7.21. The first kappa shape index (κ1) is 18.6. The maximum atomic E-state index is 12.8. The minimum Gasteiger partial charge on any atom is -0.451 e. The molecular weight excluding hydrogens is 392 g/mol. The summed E-state index contributed by atoms with van der Waals surface area (Å²) in [5.74, 6) is 0.103. The van der Waals surface area contributed by atoms with Crippen molar-refractivity contribution < 1.29 is 9.21 Å². The molecule has 0 saturated heterocycles. The zero-order valence-corrected chi connectivity index (χ0v) is 17.8. The van der Waals surface area contributed by atoms with Gasteiger partial charge in [0.2, 0.25) is 0 Å². The number of rotatable bonds is 3. The largest absolute Gasteiger partial charge is 0.451 e. The molecule has 0 aliphatic rings. The molecule has 148 valence electrons. The van der Waals surface area contributed by atoms with E-state index < -0.39 is 0 Å². The van der Waals surface area contributed by atoms with E-state index in [1.54, 1.807) is 11.3 Å². The number of aryl methyl sites for hydroxylation is 3. The van der Waals surface area contributed by atoms with Crippen molar-refractivity contribution in [3.05, 3.63) is 83.1 Å². The molecule has 0 aliphatic carbocycles. The Morgan fingerprint density at radius 2 is 1.67 bits per heavy atom. The van der Waals surface area contributed by atoms with Crippen molar-refractivity contribution >= 4 is 44.1 Å². The van der Waals surface area contributed by atoms with Gasteiger partial charge in [0.15, 0.2) is 5.76 Å². The van der Waals surface area contributed by atoms with Gasteiger partial charge in [0.1, 0.15) is 10.6 Å². The maximum absolute atomic E-state index is 12.8. The lowest BCUT2D eigenvalue weighted by molar-refractivity contribution is 0.0998. The summed E-state index contributed by atoms with van der Waals surface area (Å²) in [4.78, 5) is 17.5. The Labute approximate surface area is 178 Å². The average molecular weight is 413 g/mol. The van der Waals surface area contributed by atoms with Gasteiger partial charge in [0.25, 0.3) is 5.91 Å². The van der Waals surface area contributed by atoms with Crippen molar-refractivity contribution in [2.24, 2.45) is 0 Å². The molecule has 5 aromatic rings. The zero-order chi connectivity index (χ0) is 20.8. The minimum absolute atomic E-state index is 0.246. The van der Waals surface area contributed by atoms with Gasteiger partial charge < -0.3 is 9.73 Å². The van der Waals surface area contributed by atoms with Gasteiger partial charge >= 0.3 is 0 Å². The maximum Gasteiger partial charge on any atom is 0.291 e. The van der Waals surface area contributed by atoms with Crippen LogP contribution in [0.25, 0.3) is 31.8 Å². The minimum atomic E-state index is -0.246. The first-order valence-electron chi connectivity index (χ1n) is 9.77. The number of carbonyl (C=O) groups excluding carboxylic acids is 1. The predicted molar refractivity (Wildman–Crippen MR) is 123 cm³/mol. The molecule has 3 aromatic carbocycles. The molecule has 0 atom stereocenters. The quantitative estimate of drug-likeness (QED) is 0.351. The Bertz CT molecular complexity index is 1410. The van der Waals surface area contributed by atoms with Crippen LogP contribution < -0.4 is 5.32 Å². The number of hydrogen-bond donors (Lipinski definition) is 1.